The van der Waals surface area contributed by atoms with Crippen LogP contribution in [0.5, 0.6) is 5.75 Å². The van der Waals surface area contributed by atoms with E-state index in [1.807, 2.05) is 0 Å². The fraction of sp³-hybridized carbons (Fsp3) is 0.167. The number of rotatable bonds is 2. The lowest BCUT2D eigenvalue weighted by molar-refractivity contribution is 0.139. The summed E-state index contributed by atoms with van der Waals surface area (Å²) in [6.07, 6.45) is -3.30. The Bertz CT molecular complexity index is 489. The highest BCUT2D eigenvalue weighted by molar-refractivity contribution is 7.89. The zero-order valence-electron chi connectivity index (χ0n) is 6.99. The molecule has 0 aromatic carbocycles. The largest absolute Gasteiger partial charge is 0.503 e. The minimum absolute atomic E-state index is 0.260. The van der Waals surface area contributed by atoms with Crippen LogP contribution in [-0.4, -0.2) is 18.5 Å². The van der Waals surface area contributed by atoms with Crippen molar-refractivity contribution in [1.82, 2.24) is 4.98 Å². The summed E-state index contributed by atoms with van der Waals surface area (Å²) in [5.74, 6) is -2.92. The van der Waals surface area contributed by atoms with E-state index in [-0.39, 0.29) is 6.07 Å². The number of pyridine rings is 1. The average molecular weight is 242 g/mol. The van der Waals surface area contributed by atoms with Gasteiger partial charge in [-0.1, -0.05) is 0 Å². The van der Waals surface area contributed by atoms with Gasteiger partial charge in [0.2, 0.25) is 0 Å². The van der Waals surface area contributed by atoms with Crippen LogP contribution in [0.2, 0.25) is 0 Å². The first-order valence-electron chi connectivity index (χ1n) is 3.44. The van der Waals surface area contributed by atoms with E-state index < -0.39 is 38.7 Å². The van der Waals surface area contributed by atoms with Crippen molar-refractivity contribution in [3.05, 3.63) is 17.6 Å². The van der Waals surface area contributed by atoms with Crippen LogP contribution in [0.4, 0.5) is 13.2 Å². The van der Waals surface area contributed by atoms with Gasteiger partial charge in [0, 0.05) is 6.07 Å². The molecule has 0 amide bonds. The molecule has 0 saturated carbocycles. The number of nitrogens with zero attached hydrogens (tertiary/aromatic N) is 1. The molecule has 84 valence electrons. The highest BCUT2D eigenvalue weighted by Crippen LogP contribution is 2.29. The van der Waals surface area contributed by atoms with Gasteiger partial charge in [-0.25, -0.2) is 31.7 Å². The molecule has 1 rings (SSSR count). The predicted octanol–water partition coefficient (Wildman–Crippen LogP) is 0.511. The summed E-state index contributed by atoms with van der Waals surface area (Å²) in [5, 5.41) is 12.3. The third-order valence-corrected chi connectivity index (χ3v) is 2.24. The van der Waals surface area contributed by atoms with Crippen LogP contribution >= 0.6 is 0 Å². The summed E-state index contributed by atoms with van der Waals surface area (Å²) >= 11 is 0. The van der Waals surface area contributed by atoms with Crippen molar-refractivity contribution in [1.29, 1.82) is 0 Å². The zero-order valence-corrected chi connectivity index (χ0v) is 7.80. The van der Waals surface area contributed by atoms with Crippen LogP contribution < -0.4 is 5.14 Å². The molecule has 0 aliphatic carbocycles. The average Bonchev–Trinajstić information content (AvgIpc) is 2.06. The molecular weight excluding hydrogens is 237 g/mol. The van der Waals surface area contributed by atoms with Gasteiger partial charge in [-0.3, -0.25) is 0 Å². The maximum Gasteiger partial charge on any atom is 0.284 e. The zero-order chi connectivity index (χ0) is 11.8. The third-order valence-electron chi connectivity index (χ3n) is 1.45. The van der Waals surface area contributed by atoms with Gasteiger partial charge in [0.15, 0.2) is 22.3 Å². The second kappa shape index (κ2) is 3.66. The summed E-state index contributed by atoms with van der Waals surface area (Å²) in [5.41, 5.74) is -1.36. The van der Waals surface area contributed by atoms with Crippen LogP contribution in [0.3, 0.4) is 0 Å². The van der Waals surface area contributed by atoms with Crippen LogP contribution in [0.1, 0.15) is 12.1 Å². The molecule has 0 fully saturated rings. The Morgan fingerprint density at radius 2 is 2.00 bits per heavy atom. The maximum atomic E-state index is 12.8. The fourth-order valence-corrected chi connectivity index (χ4v) is 1.29. The maximum absolute atomic E-state index is 12.8. The highest BCUT2D eigenvalue weighted by atomic mass is 32.2. The first-order valence-corrected chi connectivity index (χ1v) is 4.98. The monoisotopic (exact) mass is 242 g/mol. The molecule has 1 aromatic rings. The van der Waals surface area contributed by atoms with Gasteiger partial charge in [-0.2, -0.15) is 0 Å². The Kier molecular flexibility index (Phi) is 2.86. The van der Waals surface area contributed by atoms with Crippen molar-refractivity contribution in [3.8, 4) is 5.75 Å². The van der Waals surface area contributed by atoms with Crippen molar-refractivity contribution < 1.29 is 26.7 Å². The Balaban J connectivity index is 3.50. The number of hydrogen-bond acceptors (Lipinski definition) is 4. The van der Waals surface area contributed by atoms with E-state index in [1.54, 1.807) is 0 Å². The minimum atomic E-state index is -4.39. The number of primary sulfonamides is 1. The number of aromatic hydroxyl groups is 1. The lowest BCUT2D eigenvalue weighted by Crippen LogP contribution is -2.15. The van der Waals surface area contributed by atoms with Crippen LogP contribution in [-0.2, 0) is 10.0 Å². The van der Waals surface area contributed by atoms with E-state index >= 15 is 0 Å². The lowest BCUT2D eigenvalue weighted by Gasteiger charge is -2.05. The Labute approximate surface area is 82.4 Å². The molecule has 0 unspecified atom stereocenters. The summed E-state index contributed by atoms with van der Waals surface area (Å²) in [7, 11) is -4.39. The number of halogens is 3. The number of sulfonamides is 1. The minimum Gasteiger partial charge on any atom is -0.503 e. The van der Waals surface area contributed by atoms with Crippen molar-refractivity contribution in [2.24, 2.45) is 5.14 Å². The topological polar surface area (TPSA) is 93.3 Å². The van der Waals surface area contributed by atoms with Gasteiger partial charge in [0.25, 0.3) is 16.4 Å². The molecule has 3 N–H and O–H groups in total. The summed E-state index contributed by atoms with van der Waals surface area (Å²) in [6, 6.07) is 0.260. The molecule has 0 atom stereocenters. The number of hydrogen-bond donors (Lipinski definition) is 2. The van der Waals surface area contributed by atoms with Gasteiger partial charge >= 0.3 is 0 Å². The summed E-state index contributed by atoms with van der Waals surface area (Å²) < 4.78 is 58.5. The Morgan fingerprint density at radius 3 is 2.40 bits per heavy atom. The normalized spacial score (nSPS) is 12.1. The SMILES string of the molecule is NS(=O)(=O)c1cc(F)c(O)c(C(F)F)n1. The van der Waals surface area contributed by atoms with Gasteiger partial charge in [0.1, 0.15) is 0 Å². The van der Waals surface area contributed by atoms with Crippen LogP contribution in [0.25, 0.3) is 0 Å². The molecular formula is C6H5F3N2O3S. The van der Waals surface area contributed by atoms with E-state index in [1.165, 1.54) is 0 Å². The van der Waals surface area contributed by atoms with E-state index in [4.69, 9.17) is 5.11 Å². The van der Waals surface area contributed by atoms with Gasteiger partial charge < -0.3 is 5.11 Å². The molecule has 1 aromatic heterocycles. The standard InChI is InChI=1S/C6H5F3N2O3S/c7-2-1-3(15(10,13)14)11-4(5(2)12)6(8)9/h1,6,12H,(H2,10,13,14). The van der Waals surface area contributed by atoms with Gasteiger partial charge in [-0.05, 0) is 0 Å². The van der Waals surface area contributed by atoms with E-state index in [0.29, 0.717) is 0 Å². The summed E-state index contributed by atoms with van der Waals surface area (Å²) in [6.45, 7) is 0. The molecule has 9 heteroatoms. The predicted molar refractivity (Wildman–Crippen MR) is 42.2 cm³/mol. The first-order chi connectivity index (χ1) is 6.73. The number of nitrogens with two attached hydrogens (primary N) is 1. The molecule has 0 radical (unpaired) electrons. The van der Waals surface area contributed by atoms with Crippen LogP contribution in [0, 0.1) is 5.82 Å². The molecule has 0 saturated heterocycles. The van der Waals surface area contributed by atoms with Crippen molar-refractivity contribution in [2.75, 3.05) is 0 Å². The van der Waals surface area contributed by atoms with Crippen molar-refractivity contribution >= 4 is 10.0 Å². The Hall–Kier alpha value is -1.35. The molecule has 0 spiro atoms. The van der Waals surface area contributed by atoms with Gasteiger partial charge in [-0.15, -0.1) is 0 Å². The quantitative estimate of drug-likeness (QED) is 0.790. The van der Waals surface area contributed by atoms with E-state index in [2.05, 4.69) is 10.1 Å². The molecule has 0 aliphatic rings. The first kappa shape index (κ1) is 11.7. The van der Waals surface area contributed by atoms with E-state index in [9.17, 15) is 21.6 Å². The second-order valence-electron chi connectivity index (χ2n) is 2.52. The molecule has 0 bridgehead atoms. The molecule has 0 aliphatic heterocycles. The smallest absolute Gasteiger partial charge is 0.284 e. The summed E-state index contributed by atoms with van der Waals surface area (Å²) in [4.78, 5) is 2.85. The van der Waals surface area contributed by atoms with Crippen molar-refractivity contribution in [3.63, 3.8) is 0 Å². The fourth-order valence-electron chi connectivity index (χ4n) is 0.801. The lowest BCUT2D eigenvalue weighted by atomic mass is 10.3. The van der Waals surface area contributed by atoms with Crippen molar-refractivity contribution in [2.45, 2.75) is 11.5 Å². The molecule has 15 heavy (non-hydrogen) atoms. The highest BCUT2D eigenvalue weighted by Gasteiger charge is 2.23. The Morgan fingerprint density at radius 1 is 1.47 bits per heavy atom. The number of alkyl halides is 2. The molecule has 5 nitrogen and oxygen atoms in total. The molecule has 1 heterocycles. The van der Waals surface area contributed by atoms with Crippen LogP contribution in [0.15, 0.2) is 11.1 Å². The number of aromatic nitrogens is 1. The third kappa shape index (κ3) is 2.36. The van der Waals surface area contributed by atoms with Gasteiger partial charge in [0.05, 0.1) is 0 Å². The second-order valence-corrected chi connectivity index (χ2v) is 4.03. The van der Waals surface area contributed by atoms with E-state index in [0.717, 1.165) is 0 Å².